The van der Waals surface area contributed by atoms with E-state index in [1.54, 1.807) is 13.8 Å². The molecule has 2 heterocycles. The van der Waals surface area contributed by atoms with Gasteiger partial charge < -0.3 is 14.8 Å². The molecule has 2 saturated heterocycles. The maximum atomic E-state index is 11.7. The summed E-state index contributed by atoms with van der Waals surface area (Å²) in [6.07, 6.45) is 0. The quantitative estimate of drug-likeness (QED) is 0.499. The van der Waals surface area contributed by atoms with E-state index in [-0.39, 0.29) is 11.3 Å². The predicted octanol–water partition coefficient (Wildman–Crippen LogP) is 0.285. The highest BCUT2D eigenvalue weighted by Crippen LogP contribution is 2.59. The highest BCUT2D eigenvalue weighted by Gasteiger charge is 2.68. The number of carboxylic acid groups (broad SMARTS) is 1. The van der Waals surface area contributed by atoms with Gasteiger partial charge in [0.1, 0.15) is 5.37 Å². The van der Waals surface area contributed by atoms with Gasteiger partial charge in [0, 0.05) is 4.75 Å². The summed E-state index contributed by atoms with van der Waals surface area (Å²) >= 11 is 7.97. The average molecular weight is 358 g/mol. The lowest BCUT2D eigenvalue weighted by atomic mass is 9.98. The predicted molar refractivity (Wildman–Crippen MR) is 61.7 cm³/mol. The van der Waals surface area contributed by atoms with Gasteiger partial charge in [-0.05, 0) is 13.8 Å². The Kier molecular flexibility index (Phi) is 2.45. The molecular formula is C8H8Br2NO3S-. The third kappa shape index (κ3) is 1.39. The largest absolute Gasteiger partial charge is 0.548 e. The summed E-state index contributed by atoms with van der Waals surface area (Å²) < 4.78 is -1.34. The second-order valence-corrected chi connectivity index (χ2v) is 9.43. The summed E-state index contributed by atoms with van der Waals surface area (Å²) in [6.45, 7) is 3.61. The van der Waals surface area contributed by atoms with Gasteiger partial charge in [0.05, 0.1) is 12.0 Å². The highest BCUT2D eigenvalue weighted by molar-refractivity contribution is 9.26. The summed E-state index contributed by atoms with van der Waals surface area (Å²) in [5.41, 5.74) is 0. The molecular weight excluding hydrogens is 350 g/mol. The van der Waals surface area contributed by atoms with E-state index in [9.17, 15) is 14.7 Å². The van der Waals surface area contributed by atoms with Crippen molar-refractivity contribution in [3.05, 3.63) is 0 Å². The molecule has 0 aliphatic carbocycles. The number of halogens is 2. The van der Waals surface area contributed by atoms with Crippen molar-refractivity contribution in [3.8, 4) is 0 Å². The number of β-lactam (4-membered cyclic amide) rings is 1. The molecule has 2 fully saturated rings. The van der Waals surface area contributed by atoms with E-state index in [2.05, 4.69) is 31.9 Å². The SMILES string of the molecule is CC1(C)SC2N(C(=O)C2(Br)Br)[C@H]1C(=O)[O-]. The molecule has 15 heavy (non-hydrogen) atoms. The second-order valence-electron chi connectivity index (χ2n) is 4.13. The standard InChI is InChI=1S/C8H9Br2NO3S/c1-7(2)3(4(12)13)11-5(14)8(9,10)6(11)15-7/h3,6H,1-2H3,(H,12,13)/p-1/t3-,6?/m0/s1. The first-order valence-corrected chi connectivity index (χ1v) is 6.75. The number of thioether (sulfide) groups is 1. The summed E-state index contributed by atoms with van der Waals surface area (Å²) in [6, 6.07) is -0.858. The number of hydrogen-bond donors (Lipinski definition) is 0. The van der Waals surface area contributed by atoms with Crippen LogP contribution in [0.2, 0.25) is 0 Å². The van der Waals surface area contributed by atoms with Crippen LogP contribution in [0.1, 0.15) is 13.8 Å². The van der Waals surface area contributed by atoms with Crippen LogP contribution in [-0.2, 0) is 9.59 Å². The fourth-order valence-electron chi connectivity index (χ4n) is 1.96. The van der Waals surface area contributed by atoms with Crippen LogP contribution in [0, 0.1) is 0 Å². The Morgan fingerprint density at radius 3 is 2.53 bits per heavy atom. The number of carboxylic acids is 1. The number of hydrogen-bond acceptors (Lipinski definition) is 4. The summed E-state index contributed by atoms with van der Waals surface area (Å²) in [5.74, 6) is -1.45. The molecule has 2 aliphatic rings. The van der Waals surface area contributed by atoms with Crippen LogP contribution in [0.5, 0.6) is 0 Å². The lowest BCUT2D eigenvalue weighted by Gasteiger charge is -2.47. The Morgan fingerprint density at radius 2 is 2.07 bits per heavy atom. The van der Waals surface area contributed by atoms with E-state index in [1.807, 2.05) is 0 Å². The van der Waals surface area contributed by atoms with E-state index in [0.717, 1.165) is 0 Å². The van der Waals surface area contributed by atoms with Crippen molar-refractivity contribution in [2.75, 3.05) is 0 Å². The van der Waals surface area contributed by atoms with Crippen LogP contribution in [0.4, 0.5) is 0 Å². The lowest BCUT2D eigenvalue weighted by molar-refractivity contribution is -0.312. The number of nitrogens with zero attached hydrogens (tertiary/aromatic N) is 1. The average Bonchev–Trinajstić information content (AvgIpc) is 2.35. The van der Waals surface area contributed by atoms with Crippen LogP contribution in [0.3, 0.4) is 0 Å². The third-order valence-electron chi connectivity index (χ3n) is 2.66. The zero-order valence-corrected chi connectivity index (χ0v) is 12.0. The van der Waals surface area contributed by atoms with Gasteiger partial charge in [0.15, 0.2) is 3.23 Å². The third-order valence-corrected chi connectivity index (χ3v) is 6.44. The van der Waals surface area contributed by atoms with Crippen LogP contribution in [-0.4, -0.2) is 36.2 Å². The second kappa shape index (κ2) is 3.13. The Bertz CT molecular complexity index is 358. The molecule has 0 spiro atoms. The van der Waals surface area contributed by atoms with Gasteiger partial charge in [-0.25, -0.2) is 0 Å². The number of rotatable bonds is 1. The van der Waals surface area contributed by atoms with Gasteiger partial charge in [0.2, 0.25) is 0 Å². The van der Waals surface area contributed by atoms with Crippen molar-refractivity contribution in [1.29, 1.82) is 0 Å². The van der Waals surface area contributed by atoms with E-state index < -0.39 is 20.0 Å². The van der Waals surface area contributed by atoms with Crippen LogP contribution < -0.4 is 5.11 Å². The first-order valence-electron chi connectivity index (χ1n) is 4.29. The molecule has 0 bridgehead atoms. The maximum absolute atomic E-state index is 11.7. The number of fused-ring (bicyclic) bond motifs is 1. The fraction of sp³-hybridized carbons (Fsp3) is 0.750. The summed E-state index contributed by atoms with van der Waals surface area (Å²) in [4.78, 5) is 24.1. The Hall–Kier alpha value is 0.250. The number of amides is 1. The van der Waals surface area contributed by atoms with Gasteiger partial charge >= 0.3 is 0 Å². The van der Waals surface area contributed by atoms with Crippen molar-refractivity contribution in [3.63, 3.8) is 0 Å². The fourth-order valence-corrected chi connectivity index (χ4v) is 4.87. The number of carbonyl (C=O) groups excluding carboxylic acids is 2. The molecule has 0 radical (unpaired) electrons. The van der Waals surface area contributed by atoms with E-state index in [4.69, 9.17) is 0 Å². The zero-order valence-electron chi connectivity index (χ0n) is 7.99. The van der Waals surface area contributed by atoms with E-state index in [1.165, 1.54) is 16.7 Å². The van der Waals surface area contributed by atoms with Gasteiger partial charge in [-0.15, -0.1) is 11.8 Å². The molecule has 7 heteroatoms. The molecule has 1 amide bonds. The van der Waals surface area contributed by atoms with E-state index >= 15 is 0 Å². The number of alkyl halides is 2. The molecule has 0 N–H and O–H groups in total. The summed E-state index contributed by atoms with van der Waals surface area (Å²) in [7, 11) is 0. The molecule has 0 saturated carbocycles. The van der Waals surface area contributed by atoms with Crippen molar-refractivity contribution in [1.82, 2.24) is 4.90 Å². The lowest BCUT2D eigenvalue weighted by Crippen LogP contribution is -2.69. The van der Waals surface area contributed by atoms with Crippen LogP contribution >= 0.6 is 43.6 Å². The monoisotopic (exact) mass is 356 g/mol. The minimum atomic E-state index is -1.20. The smallest absolute Gasteiger partial charge is 0.254 e. The minimum absolute atomic E-state index is 0.192. The molecule has 2 aliphatic heterocycles. The normalized spacial score (nSPS) is 36.0. The molecule has 0 aromatic rings. The van der Waals surface area contributed by atoms with Gasteiger partial charge in [-0.3, -0.25) is 4.79 Å². The van der Waals surface area contributed by atoms with E-state index in [0.29, 0.717) is 0 Å². The number of carbonyl (C=O) groups is 2. The van der Waals surface area contributed by atoms with Crippen molar-refractivity contribution >= 4 is 55.5 Å². The van der Waals surface area contributed by atoms with Gasteiger partial charge in [-0.2, -0.15) is 0 Å². The highest BCUT2D eigenvalue weighted by atomic mass is 79.9. The molecule has 1 unspecified atom stereocenters. The molecule has 0 aromatic heterocycles. The summed E-state index contributed by atoms with van der Waals surface area (Å²) in [5, 5.41) is 10.8. The first kappa shape index (κ1) is 11.7. The Morgan fingerprint density at radius 1 is 1.53 bits per heavy atom. The molecule has 0 aromatic carbocycles. The minimum Gasteiger partial charge on any atom is -0.548 e. The van der Waals surface area contributed by atoms with Crippen LogP contribution in [0.25, 0.3) is 0 Å². The van der Waals surface area contributed by atoms with Crippen LogP contribution in [0.15, 0.2) is 0 Å². The number of aliphatic carboxylic acids is 1. The van der Waals surface area contributed by atoms with Crippen molar-refractivity contribution in [2.45, 2.75) is 33.2 Å². The Balaban J connectivity index is 2.37. The molecule has 2 atom stereocenters. The topological polar surface area (TPSA) is 60.4 Å². The van der Waals surface area contributed by atoms with Crippen molar-refractivity contribution in [2.24, 2.45) is 0 Å². The van der Waals surface area contributed by atoms with Crippen molar-refractivity contribution < 1.29 is 14.7 Å². The molecule has 84 valence electrons. The first-order chi connectivity index (χ1) is 6.69. The van der Waals surface area contributed by atoms with Gasteiger partial charge in [0.25, 0.3) is 5.91 Å². The molecule has 2 rings (SSSR count). The van der Waals surface area contributed by atoms with Gasteiger partial charge in [-0.1, -0.05) is 31.9 Å². The Labute approximate surface area is 108 Å². The molecule has 4 nitrogen and oxygen atoms in total. The zero-order chi connectivity index (χ0) is 11.6. The maximum Gasteiger partial charge on any atom is 0.254 e.